The first-order chi connectivity index (χ1) is 9.56. The molecule has 1 N–H and O–H groups in total. The molecule has 0 fully saturated rings. The molecule has 0 aliphatic rings. The van der Waals surface area contributed by atoms with Crippen LogP contribution in [0.3, 0.4) is 0 Å². The summed E-state index contributed by atoms with van der Waals surface area (Å²) in [5.41, 5.74) is 2.48. The van der Waals surface area contributed by atoms with E-state index in [2.05, 4.69) is 5.32 Å². The predicted molar refractivity (Wildman–Crippen MR) is 78.2 cm³/mol. The number of anilines is 1. The maximum absolute atomic E-state index is 12.8. The van der Waals surface area contributed by atoms with E-state index in [1.54, 1.807) is 37.2 Å². The lowest BCUT2D eigenvalue weighted by Crippen LogP contribution is -2.21. The Balaban J connectivity index is 2.05. The van der Waals surface area contributed by atoms with E-state index in [-0.39, 0.29) is 11.7 Å². The van der Waals surface area contributed by atoms with E-state index >= 15 is 0 Å². The van der Waals surface area contributed by atoms with Gasteiger partial charge in [0, 0.05) is 31.9 Å². The Bertz CT molecular complexity index is 594. The van der Waals surface area contributed by atoms with Crippen molar-refractivity contribution in [1.82, 2.24) is 4.90 Å². The summed E-state index contributed by atoms with van der Waals surface area (Å²) in [4.78, 5) is 13.4. The van der Waals surface area contributed by atoms with E-state index in [0.717, 1.165) is 11.3 Å². The lowest BCUT2D eigenvalue weighted by atomic mass is 10.1. The Kier molecular flexibility index (Phi) is 4.35. The van der Waals surface area contributed by atoms with Crippen molar-refractivity contribution in [1.29, 1.82) is 0 Å². The highest BCUT2D eigenvalue weighted by atomic mass is 19.1. The molecule has 0 saturated heterocycles. The normalized spacial score (nSPS) is 10.2. The average Bonchev–Trinajstić information content (AvgIpc) is 2.46. The van der Waals surface area contributed by atoms with Crippen LogP contribution in [0, 0.1) is 5.82 Å². The molecule has 0 spiro atoms. The Labute approximate surface area is 118 Å². The Morgan fingerprint density at radius 1 is 1.15 bits per heavy atom. The number of hydrogen-bond acceptors (Lipinski definition) is 2. The zero-order valence-electron chi connectivity index (χ0n) is 11.6. The molecule has 0 radical (unpaired) electrons. The van der Waals surface area contributed by atoms with Crippen LogP contribution in [0.15, 0.2) is 48.5 Å². The van der Waals surface area contributed by atoms with Gasteiger partial charge in [-0.15, -0.1) is 0 Å². The molecular formula is C16H17FN2O. The molecule has 0 aliphatic carbocycles. The third-order valence-electron chi connectivity index (χ3n) is 2.93. The van der Waals surface area contributed by atoms with Crippen LogP contribution < -0.4 is 5.32 Å². The minimum atomic E-state index is -0.243. The van der Waals surface area contributed by atoms with Crippen LogP contribution in [0.25, 0.3) is 0 Å². The van der Waals surface area contributed by atoms with E-state index in [0.29, 0.717) is 12.1 Å². The zero-order valence-corrected chi connectivity index (χ0v) is 11.6. The molecule has 3 nitrogen and oxygen atoms in total. The number of hydrogen-bond donors (Lipinski definition) is 1. The molecule has 104 valence electrons. The van der Waals surface area contributed by atoms with Gasteiger partial charge in [0.15, 0.2) is 0 Å². The molecule has 0 unspecified atom stereocenters. The molecule has 0 saturated carbocycles. The van der Waals surface area contributed by atoms with Gasteiger partial charge in [0.1, 0.15) is 5.82 Å². The van der Waals surface area contributed by atoms with Gasteiger partial charge in [-0.25, -0.2) is 4.39 Å². The van der Waals surface area contributed by atoms with E-state index in [1.807, 2.05) is 18.2 Å². The first-order valence-corrected chi connectivity index (χ1v) is 6.36. The van der Waals surface area contributed by atoms with E-state index in [4.69, 9.17) is 0 Å². The fraction of sp³-hybridized carbons (Fsp3) is 0.188. The maximum atomic E-state index is 12.8. The van der Waals surface area contributed by atoms with Crippen LogP contribution in [0.1, 0.15) is 15.9 Å². The summed E-state index contributed by atoms with van der Waals surface area (Å²) in [5, 5.41) is 3.22. The number of rotatable bonds is 4. The monoisotopic (exact) mass is 272 g/mol. The lowest BCUT2D eigenvalue weighted by Gasteiger charge is -2.12. The molecule has 2 aromatic carbocycles. The third-order valence-corrected chi connectivity index (χ3v) is 2.93. The Morgan fingerprint density at radius 3 is 2.50 bits per heavy atom. The molecular weight excluding hydrogens is 255 g/mol. The van der Waals surface area contributed by atoms with Gasteiger partial charge >= 0.3 is 0 Å². The molecule has 2 rings (SSSR count). The Hall–Kier alpha value is -2.36. The first-order valence-electron chi connectivity index (χ1n) is 6.36. The van der Waals surface area contributed by atoms with Crippen molar-refractivity contribution >= 4 is 11.6 Å². The number of nitrogens with one attached hydrogen (secondary N) is 1. The minimum Gasteiger partial charge on any atom is -0.381 e. The molecule has 20 heavy (non-hydrogen) atoms. The van der Waals surface area contributed by atoms with Crippen molar-refractivity contribution in [2.45, 2.75) is 6.54 Å². The molecule has 2 aromatic rings. The number of halogens is 1. The summed E-state index contributed by atoms with van der Waals surface area (Å²) in [6.45, 7) is 0.583. The zero-order chi connectivity index (χ0) is 14.5. The highest BCUT2D eigenvalue weighted by molar-refractivity contribution is 5.94. The summed E-state index contributed by atoms with van der Waals surface area (Å²) in [5.74, 6) is -0.275. The van der Waals surface area contributed by atoms with Crippen molar-refractivity contribution in [3.63, 3.8) is 0 Å². The van der Waals surface area contributed by atoms with Crippen LogP contribution in [-0.4, -0.2) is 24.9 Å². The van der Waals surface area contributed by atoms with Gasteiger partial charge in [-0.1, -0.05) is 18.2 Å². The molecule has 0 atom stereocenters. The van der Waals surface area contributed by atoms with Crippen LogP contribution >= 0.6 is 0 Å². The van der Waals surface area contributed by atoms with E-state index in [1.165, 1.54) is 12.1 Å². The van der Waals surface area contributed by atoms with Crippen LogP contribution in [0.4, 0.5) is 10.1 Å². The highest BCUT2D eigenvalue weighted by Gasteiger charge is 2.07. The molecule has 0 bridgehead atoms. The largest absolute Gasteiger partial charge is 0.381 e. The van der Waals surface area contributed by atoms with Crippen molar-refractivity contribution in [3.8, 4) is 0 Å². The fourth-order valence-corrected chi connectivity index (χ4v) is 1.83. The number of nitrogens with zero attached hydrogens (tertiary/aromatic N) is 1. The molecule has 0 heterocycles. The van der Waals surface area contributed by atoms with Crippen LogP contribution in [0.2, 0.25) is 0 Å². The summed E-state index contributed by atoms with van der Waals surface area (Å²) in [7, 11) is 3.45. The number of carbonyl (C=O) groups excluding carboxylic acids is 1. The quantitative estimate of drug-likeness (QED) is 0.927. The fourth-order valence-electron chi connectivity index (χ4n) is 1.83. The van der Waals surface area contributed by atoms with Gasteiger partial charge in [-0.3, -0.25) is 4.79 Å². The second-order valence-electron chi connectivity index (χ2n) is 4.76. The third kappa shape index (κ3) is 3.57. The second-order valence-corrected chi connectivity index (χ2v) is 4.76. The van der Waals surface area contributed by atoms with Gasteiger partial charge < -0.3 is 10.2 Å². The second kappa shape index (κ2) is 6.19. The molecule has 0 aromatic heterocycles. The first kappa shape index (κ1) is 14.1. The summed E-state index contributed by atoms with van der Waals surface area (Å²) in [6.07, 6.45) is 0. The van der Waals surface area contributed by atoms with Crippen molar-refractivity contribution < 1.29 is 9.18 Å². The highest BCUT2D eigenvalue weighted by Crippen LogP contribution is 2.13. The lowest BCUT2D eigenvalue weighted by molar-refractivity contribution is 0.0827. The summed E-state index contributed by atoms with van der Waals surface area (Å²) in [6, 6.07) is 13.7. The number of amides is 1. The van der Waals surface area contributed by atoms with Crippen molar-refractivity contribution in [2.75, 3.05) is 19.4 Å². The predicted octanol–water partition coefficient (Wildman–Crippen LogP) is 3.14. The molecule has 0 aliphatic heterocycles. The summed E-state index contributed by atoms with van der Waals surface area (Å²) >= 11 is 0. The van der Waals surface area contributed by atoms with Crippen LogP contribution in [0.5, 0.6) is 0 Å². The summed E-state index contributed by atoms with van der Waals surface area (Å²) < 4.78 is 12.8. The Morgan fingerprint density at radius 2 is 1.85 bits per heavy atom. The van der Waals surface area contributed by atoms with Gasteiger partial charge in [0.25, 0.3) is 5.91 Å². The molecule has 4 heteroatoms. The topological polar surface area (TPSA) is 32.3 Å². The smallest absolute Gasteiger partial charge is 0.253 e. The van der Waals surface area contributed by atoms with Gasteiger partial charge in [0.05, 0.1) is 0 Å². The van der Waals surface area contributed by atoms with Crippen molar-refractivity contribution in [2.24, 2.45) is 0 Å². The number of benzene rings is 2. The average molecular weight is 272 g/mol. The minimum absolute atomic E-state index is 0.0320. The van der Waals surface area contributed by atoms with Gasteiger partial charge in [-0.05, 0) is 35.9 Å². The standard InChI is InChI=1S/C16H17FN2O/c1-19(2)16(20)13-4-3-5-15(10-13)18-11-12-6-8-14(17)9-7-12/h3-10,18H,11H2,1-2H3. The van der Waals surface area contributed by atoms with E-state index < -0.39 is 0 Å². The molecule has 1 amide bonds. The van der Waals surface area contributed by atoms with Crippen molar-refractivity contribution in [3.05, 3.63) is 65.5 Å². The van der Waals surface area contributed by atoms with Crippen LogP contribution in [-0.2, 0) is 6.54 Å². The van der Waals surface area contributed by atoms with Gasteiger partial charge in [0.2, 0.25) is 0 Å². The maximum Gasteiger partial charge on any atom is 0.253 e. The SMILES string of the molecule is CN(C)C(=O)c1cccc(NCc2ccc(F)cc2)c1. The van der Waals surface area contributed by atoms with Gasteiger partial charge in [-0.2, -0.15) is 0 Å². The van der Waals surface area contributed by atoms with E-state index in [9.17, 15) is 9.18 Å². The number of carbonyl (C=O) groups is 1.